The molecule has 2 rings (SSSR count). The molecule has 1 amide bonds. The molecule has 1 aromatic rings. The van der Waals surface area contributed by atoms with Crippen molar-refractivity contribution in [2.45, 2.75) is 45.6 Å². The second-order valence-electron chi connectivity index (χ2n) is 5.48. The van der Waals surface area contributed by atoms with Gasteiger partial charge in [0.1, 0.15) is 5.75 Å². The van der Waals surface area contributed by atoms with E-state index in [-0.39, 0.29) is 11.9 Å². The summed E-state index contributed by atoms with van der Waals surface area (Å²) in [6.45, 7) is 6.63. The molecule has 1 saturated heterocycles. The van der Waals surface area contributed by atoms with Gasteiger partial charge >= 0.3 is 0 Å². The van der Waals surface area contributed by atoms with E-state index in [9.17, 15) is 4.79 Å². The van der Waals surface area contributed by atoms with E-state index in [1.54, 1.807) is 0 Å². The van der Waals surface area contributed by atoms with Gasteiger partial charge in [-0.15, -0.1) is 0 Å². The summed E-state index contributed by atoms with van der Waals surface area (Å²) in [5, 5.41) is 3.34. The summed E-state index contributed by atoms with van der Waals surface area (Å²) in [5.41, 5.74) is 0.965. The molecule has 0 bridgehead atoms. The second kappa shape index (κ2) is 8.03. The molecule has 1 N–H and O–H groups in total. The molecule has 4 nitrogen and oxygen atoms in total. The van der Waals surface area contributed by atoms with Crippen molar-refractivity contribution in [3.8, 4) is 5.75 Å². The van der Waals surface area contributed by atoms with Crippen molar-refractivity contribution in [1.82, 2.24) is 5.32 Å². The third-order valence-corrected chi connectivity index (χ3v) is 3.70. The van der Waals surface area contributed by atoms with Gasteiger partial charge in [-0.3, -0.25) is 4.79 Å². The van der Waals surface area contributed by atoms with Gasteiger partial charge in [0.15, 0.2) is 0 Å². The number of ether oxygens (including phenoxy) is 1. The van der Waals surface area contributed by atoms with Gasteiger partial charge in [0, 0.05) is 12.2 Å². The number of rotatable bonds is 7. The Morgan fingerprint density at radius 3 is 2.67 bits per heavy atom. The van der Waals surface area contributed by atoms with Crippen LogP contribution in [0.4, 0.5) is 5.69 Å². The molecule has 1 fully saturated rings. The van der Waals surface area contributed by atoms with E-state index in [4.69, 9.17) is 4.74 Å². The summed E-state index contributed by atoms with van der Waals surface area (Å²) in [7, 11) is 0. The van der Waals surface area contributed by atoms with Crippen LogP contribution in [-0.2, 0) is 4.79 Å². The number of carbonyl (C=O) groups is 1. The van der Waals surface area contributed by atoms with Gasteiger partial charge in [-0.05, 0) is 56.5 Å². The first-order chi connectivity index (χ1) is 10.3. The van der Waals surface area contributed by atoms with Crippen molar-refractivity contribution >= 4 is 11.6 Å². The molecular weight excluding hydrogens is 264 g/mol. The smallest absolute Gasteiger partial charge is 0.244 e. The number of piperidine rings is 1. The second-order valence-corrected chi connectivity index (χ2v) is 5.48. The number of amides is 1. The number of benzene rings is 1. The first-order valence-corrected chi connectivity index (χ1v) is 8.04. The van der Waals surface area contributed by atoms with Gasteiger partial charge < -0.3 is 15.0 Å². The van der Waals surface area contributed by atoms with Crippen molar-refractivity contribution in [3.05, 3.63) is 24.3 Å². The first-order valence-electron chi connectivity index (χ1n) is 8.04. The van der Waals surface area contributed by atoms with E-state index >= 15 is 0 Å². The van der Waals surface area contributed by atoms with Crippen LogP contribution in [0.2, 0.25) is 0 Å². The van der Waals surface area contributed by atoms with Crippen LogP contribution in [0.1, 0.15) is 39.5 Å². The van der Waals surface area contributed by atoms with E-state index in [2.05, 4.69) is 19.2 Å². The van der Waals surface area contributed by atoms with E-state index in [1.807, 2.05) is 29.2 Å². The average Bonchev–Trinajstić information content (AvgIpc) is 2.52. The van der Waals surface area contributed by atoms with Gasteiger partial charge in [0.25, 0.3) is 0 Å². The lowest BCUT2D eigenvalue weighted by Gasteiger charge is -2.32. The van der Waals surface area contributed by atoms with E-state index in [0.717, 1.165) is 56.8 Å². The topological polar surface area (TPSA) is 41.6 Å². The summed E-state index contributed by atoms with van der Waals surface area (Å²) in [5.74, 6) is 1.06. The Morgan fingerprint density at radius 2 is 2.00 bits per heavy atom. The predicted octanol–water partition coefficient (Wildman–Crippen LogP) is 2.97. The molecule has 1 unspecified atom stereocenters. The fourth-order valence-electron chi connectivity index (χ4n) is 2.58. The lowest BCUT2D eigenvalue weighted by molar-refractivity contribution is -0.121. The van der Waals surface area contributed by atoms with Crippen LogP contribution in [0.5, 0.6) is 5.75 Å². The Bertz CT molecular complexity index is 445. The Balaban J connectivity index is 2.01. The van der Waals surface area contributed by atoms with E-state index in [1.165, 1.54) is 0 Å². The fourth-order valence-corrected chi connectivity index (χ4v) is 2.58. The minimum atomic E-state index is -0.0327. The third-order valence-electron chi connectivity index (χ3n) is 3.70. The van der Waals surface area contributed by atoms with E-state index < -0.39 is 0 Å². The predicted molar refractivity (Wildman–Crippen MR) is 85.9 cm³/mol. The molecule has 0 radical (unpaired) electrons. The number of nitrogens with one attached hydrogen (secondary N) is 1. The van der Waals surface area contributed by atoms with Gasteiger partial charge in [-0.2, -0.15) is 0 Å². The molecule has 1 aliphatic rings. The third kappa shape index (κ3) is 4.21. The average molecular weight is 290 g/mol. The highest BCUT2D eigenvalue weighted by molar-refractivity contribution is 5.97. The summed E-state index contributed by atoms with van der Waals surface area (Å²) >= 11 is 0. The van der Waals surface area contributed by atoms with Crippen LogP contribution in [0.25, 0.3) is 0 Å². The molecule has 0 aromatic heterocycles. The molecule has 4 heteroatoms. The summed E-state index contributed by atoms with van der Waals surface area (Å²) in [6.07, 6.45) is 4.03. The molecular formula is C17H26N2O2. The fraction of sp³-hybridized carbons (Fsp3) is 0.588. The Hall–Kier alpha value is -1.55. The molecule has 1 aromatic carbocycles. The maximum absolute atomic E-state index is 12.5. The normalized spacial score (nSPS) is 18.9. The number of hydrogen-bond acceptors (Lipinski definition) is 3. The van der Waals surface area contributed by atoms with Crippen molar-refractivity contribution in [1.29, 1.82) is 0 Å². The van der Waals surface area contributed by atoms with Crippen LogP contribution in [0, 0.1) is 0 Å². The van der Waals surface area contributed by atoms with Gasteiger partial charge in [-0.1, -0.05) is 13.8 Å². The molecule has 0 spiro atoms. The lowest BCUT2D eigenvalue weighted by atomic mass is 10.0. The number of nitrogens with zero attached hydrogens (tertiary/aromatic N) is 1. The minimum Gasteiger partial charge on any atom is -0.494 e. The van der Waals surface area contributed by atoms with Crippen LogP contribution in [0.3, 0.4) is 0 Å². The number of hydrogen-bond donors (Lipinski definition) is 1. The molecule has 0 saturated carbocycles. The Kier molecular flexibility index (Phi) is 6.05. The van der Waals surface area contributed by atoms with Crippen molar-refractivity contribution in [2.24, 2.45) is 0 Å². The van der Waals surface area contributed by atoms with Gasteiger partial charge in [-0.25, -0.2) is 0 Å². The zero-order valence-corrected chi connectivity index (χ0v) is 13.1. The molecule has 1 heterocycles. The molecule has 1 aliphatic heterocycles. The van der Waals surface area contributed by atoms with Crippen LogP contribution in [-0.4, -0.2) is 31.6 Å². The molecule has 0 aliphatic carbocycles. The monoisotopic (exact) mass is 290 g/mol. The lowest BCUT2D eigenvalue weighted by Crippen LogP contribution is -2.51. The minimum absolute atomic E-state index is 0.0327. The number of anilines is 1. The maximum Gasteiger partial charge on any atom is 0.244 e. The molecule has 116 valence electrons. The Morgan fingerprint density at radius 1 is 1.24 bits per heavy atom. The zero-order valence-electron chi connectivity index (χ0n) is 13.1. The summed E-state index contributed by atoms with van der Waals surface area (Å²) < 4.78 is 5.58. The number of carbonyl (C=O) groups excluding carboxylic acids is 1. The van der Waals surface area contributed by atoms with Crippen molar-refractivity contribution in [2.75, 3.05) is 24.6 Å². The van der Waals surface area contributed by atoms with Crippen molar-refractivity contribution < 1.29 is 9.53 Å². The molecule has 21 heavy (non-hydrogen) atoms. The van der Waals surface area contributed by atoms with E-state index in [0.29, 0.717) is 0 Å². The quantitative estimate of drug-likeness (QED) is 0.839. The van der Waals surface area contributed by atoms with Gasteiger partial charge in [0.2, 0.25) is 5.91 Å². The van der Waals surface area contributed by atoms with Crippen LogP contribution < -0.4 is 15.0 Å². The van der Waals surface area contributed by atoms with Crippen LogP contribution in [0.15, 0.2) is 24.3 Å². The SMILES string of the molecule is CCCNC1CCCN(c2ccc(OCCC)cc2)C1=O. The largest absolute Gasteiger partial charge is 0.494 e. The highest BCUT2D eigenvalue weighted by Gasteiger charge is 2.28. The maximum atomic E-state index is 12.5. The zero-order chi connectivity index (χ0) is 15.1. The first kappa shape index (κ1) is 15.8. The highest BCUT2D eigenvalue weighted by atomic mass is 16.5. The van der Waals surface area contributed by atoms with Gasteiger partial charge in [0.05, 0.1) is 12.6 Å². The molecule has 1 atom stereocenters. The van der Waals surface area contributed by atoms with Crippen LogP contribution >= 0.6 is 0 Å². The Labute approximate surface area is 127 Å². The standard InChI is InChI=1S/C17H26N2O2/c1-3-11-18-16-6-5-12-19(17(16)20)14-7-9-15(10-8-14)21-13-4-2/h7-10,16,18H,3-6,11-13H2,1-2H3. The summed E-state index contributed by atoms with van der Waals surface area (Å²) in [4.78, 5) is 14.4. The summed E-state index contributed by atoms with van der Waals surface area (Å²) in [6, 6.07) is 7.81. The van der Waals surface area contributed by atoms with Crippen molar-refractivity contribution in [3.63, 3.8) is 0 Å². The highest BCUT2D eigenvalue weighted by Crippen LogP contribution is 2.24.